The van der Waals surface area contributed by atoms with Crippen LogP contribution in [-0.4, -0.2) is 12.0 Å². The van der Waals surface area contributed by atoms with E-state index >= 15 is 0 Å². The van der Waals surface area contributed by atoms with Crippen molar-refractivity contribution in [2.45, 2.75) is 6.92 Å². The first-order chi connectivity index (χ1) is 7.68. The highest BCUT2D eigenvalue weighted by atomic mass is 35.5. The number of hydrogen-bond donors (Lipinski definition) is 0. The Morgan fingerprint density at radius 1 is 1.06 bits per heavy atom. The highest BCUT2D eigenvalue weighted by molar-refractivity contribution is 6.29. The van der Waals surface area contributed by atoms with Gasteiger partial charge < -0.3 is 4.90 Å². The van der Waals surface area contributed by atoms with E-state index in [1.807, 2.05) is 36.2 Å². The van der Waals surface area contributed by atoms with Crippen LogP contribution in [0.15, 0.2) is 42.5 Å². The van der Waals surface area contributed by atoms with Crippen LogP contribution in [0.2, 0.25) is 5.15 Å². The van der Waals surface area contributed by atoms with E-state index < -0.39 is 0 Å². The molecule has 1 aromatic heterocycles. The zero-order valence-corrected chi connectivity index (χ0v) is 10.1. The molecule has 0 aliphatic heterocycles. The number of hydrogen-bond acceptors (Lipinski definition) is 2. The summed E-state index contributed by atoms with van der Waals surface area (Å²) in [5, 5.41) is 0.512. The molecule has 2 nitrogen and oxygen atoms in total. The first-order valence-electron chi connectivity index (χ1n) is 5.10. The van der Waals surface area contributed by atoms with E-state index in [-0.39, 0.29) is 0 Å². The van der Waals surface area contributed by atoms with Crippen LogP contribution in [-0.2, 0) is 0 Å². The van der Waals surface area contributed by atoms with Gasteiger partial charge in [-0.1, -0.05) is 35.9 Å². The summed E-state index contributed by atoms with van der Waals surface area (Å²) in [7, 11) is 1.99. The van der Waals surface area contributed by atoms with Crippen molar-refractivity contribution in [3.05, 3.63) is 53.2 Å². The fourth-order valence-electron chi connectivity index (χ4n) is 1.65. The van der Waals surface area contributed by atoms with Crippen LogP contribution < -0.4 is 4.90 Å². The molecule has 82 valence electrons. The summed E-state index contributed by atoms with van der Waals surface area (Å²) in [6.45, 7) is 2.08. The van der Waals surface area contributed by atoms with Crippen LogP contribution in [0, 0.1) is 6.92 Å². The summed E-state index contributed by atoms with van der Waals surface area (Å²) in [6, 6.07) is 13.8. The Kier molecular flexibility index (Phi) is 3.11. The third-order valence-corrected chi connectivity index (χ3v) is 2.73. The number of aromatic nitrogens is 1. The molecule has 2 rings (SSSR count). The highest BCUT2D eigenvalue weighted by Crippen LogP contribution is 2.25. The standard InChI is InChI=1S/C13H13ClN2/c1-10-6-3-4-7-11(10)16(2)13-9-5-8-12(14)15-13/h3-9H,1-2H3. The Morgan fingerprint density at radius 2 is 1.81 bits per heavy atom. The van der Waals surface area contributed by atoms with Gasteiger partial charge >= 0.3 is 0 Å². The van der Waals surface area contributed by atoms with Crippen molar-refractivity contribution in [1.82, 2.24) is 4.98 Å². The fraction of sp³-hybridized carbons (Fsp3) is 0.154. The van der Waals surface area contributed by atoms with Gasteiger partial charge in [0.25, 0.3) is 0 Å². The van der Waals surface area contributed by atoms with Crippen LogP contribution in [0.5, 0.6) is 0 Å². The maximum absolute atomic E-state index is 5.88. The van der Waals surface area contributed by atoms with Crippen LogP contribution in [0.25, 0.3) is 0 Å². The first-order valence-corrected chi connectivity index (χ1v) is 5.48. The van der Waals surface area contributed by atoms with E-state index in [4.69, 9.17) is 11.6 Å². The summed E-state index contributed by atoms with van der Waals surface area (Å²) in [4.78, 5) is 6.31. The largest absolute Gasteiger partial charge is 0.329 e. The molecular weight excluding hydrogens is 220 g/mol. The number of aryl methyl sites for hydroxylation is 1. The molecule has 0 atom stereocenters. The minimum absolute atomic E-state index is 0.512. The zero-order valence-electron chi connectivity index (χ0n) is 9.31. The van der Waals surface area contributed by atoms with Crippen LogP contribution in [0.4, 0.5) is 11.5 Å². The molecule has 0 N–H and O–H groups in total. The van der Waals surface area contributed by atoms with E-state index in [0.717, 1.165) is 11.5 Å². The second-order valence-corrected chi connectivity index (χ2v) is 4.05. The van der Waals surface area contributed by atoms with E-state index in [9.17, 15) is 0 Å². The predicted octanol–water partition coefficient (Wildman–Crippen LogP) is 3.81. The van der Waals surface area contributed by atoms with E-state index in [1.54, 1.807) is 6.07 Å². The minimum Gasteiger partial charge on any atom is -0.329 e. The molecule has 0 saturated heterocycles. The van der Waals surface area contributed by atoms with Gasteiger partial charge in [-0.2, -0.15) is 0 Å². The van der Waals surface area contributed by atoms with Gasteiger partial charge in [-0.15, -0.1) is 0 Å². The average molecular weight is 233 g/mol. The summed E-state index contributed by atoms with van der Waals surface area (Å²) < 4.78 is 0. The Labute approximate surface area is 101 Å². The SMILES string of the molecule is Cc1ccccc1N(C)c1cccc(Cl)n1. The lowest BCUT2D eigenvalue weighted by molar-refractivity contribution is 1.11. The third-order valence-electron chi connectivity index (χ3n) is 2.52. The number of pyridine rings is 1. The number of benzene rings is 1. The number of halogens is 1. The van der Waals surface area contributed by atoms with Crippen molar-refractivity contribution in [3.63, 3.8) is 0 Å². The molecule has 1 aromatic carbocycles. The van der Waals surface area contributed by atoms with Gasteiger partial charge in [-0.25, -0.2) is 4.98 Å². The molecule has 0 radical (unpaired) electrons. The van der Waals surface area contributed by atoms with Gasteiger partial charge in [-0.05, 0) is 30.7 Å². The van der Waals surface area contributed by atoms with Crippen LogP contribution in [0.3, 0.4) is 0 Å². The molecule has 0 bridgehead atoms. The molecule has 16 heavy (non-hydrogen) atoms. The van der Waals surface area contributed by atoms with Crippen molar-refractivity contribution >= 4 is 23.1 Å². The lowest BCUT2D eigenvalue weighted by Crippen LogP contribution is -2.12. The van der Waals surface area contributed by atoms with Gasteiger partial charge in [0.1, 0.15) is 11.0 Å². The van der Waals surface area contributed by atoms with E-state index in [0.29, 0.717) is 5.15 Å². The second kappa shape index (κ2) is 4.54. The molecule has 2 aromatic rings. The molecule has 0 aliphatic carbocycles. The molecule has 0 saturated carbocycles. The summed E-state index contributed by atoms with van der Waals surface area (Å²) in [6.07, 6.45) is 0. The van der Waals surface area contributed by atoms with Crippen LogP contribution in [0.1, 0.15) is 5.56 Å². The topological polar surface area (TPSA) is 16.1 Å². The lowest BCUT2D eigenvalue weighted by Gasteiger charge is -2.20. The Morgan fingerprint density at radius 3 is 2.50 bits per heavy atom. The van der Waals surface area contributed by atoms with Crippen molar-refractivity contribution in [1.29, 1.82) is 0 Å². The smallest absolute Gasteiger partial charge is 0.134 e. The van der Waals surface area contributed by atoms with Crippen molar-refractivity contribution in [2.24, 2.45) is 0 Å². The van der Waals surface area contributed by atoms with Gasteiger partial charge in [0, 0.05) is 12.7 Å². The summed E-state index contributed by atoms with van der Waals surface area (Å²) >= 11 is 5.88. The number of nitrogens with zero attached hydrogens (tertiary/aromatic N) is 2. The van der Waals surface area contributed by atoms with Crippen molar-refractivity contribution < 1.29 is 0 Å². The second-order valence-electron chi connectivity index (χ2n) is 3.66. The van der Waals surface area contributed by atoms with E-state index in [1.165, 1.54) is 5.56 Å². The fourth-order valence-corrected chi connectivity index (χ4v) is 1.81. The highest BCUT2D eigenvalue weighted by Gasteiger charge is 2.07. The summed E-state index contributed by atoms with van der Waals surface area (Å²) in [5.74, 6) is 0.849. The third kappa shape index (κ3) is 2.17. The lowest BCUT2D eigenvalue weighted by atomic mass is 10.2. The molecule has 0 fully saturated rings. The number of anilines is 2. The molecule has 0 aliphatic rings. The van der Waals surface area contributed by atoms with Gasteiger partial charge in [0.2, 0.25) is 0 Å². The average Bonchev–Trinajstić information content (AvgIpc) is 2.29. The minimum atomic E-state index is 0.512. The molecule has 0 unspecified atom stereocenters. The summed E-state index contributed by atoms with van der Waals surface area (Å²) in [5.41, 5.74) is 2.35. The Hall–Kier alpha value is -1.54. The predicted molar refractivity (Wildman–Crippen MR) is 68.5 cm³/mol. The molecule has 3 heteroatoms. The molecular formula is C13H13ClN2. The normalized spacial score (nSPS) is 10.2. The van der Waals surface area contributed by atoms with E-state index in [2.05, 4.69) is 24.0 Å². The van der Waals surface area contributed by atoms with Crippen molar-refractivity contribution in [3.8, 4) is 0 Å². The Balaban J connectivity index is 2.39. The number of para-hydroxylation sites is 1. The van der Waals surface area contributed by atoms with Gasteiger partial charge in [0.15, 0.2) is 0 Å². The monoisotopic (exact) mass is 232 g/mol. The van der Waals surface area contributed by atoms with Gasteiger partial charge in [-0.3, -0.25) is 0 Å². The first kappa shape index (κ1) is 11.0. The molecule has 0 spiro atoms. The molecule has 1 heterocycles. The maximum Gasteiger partial charge on any atom is 0.134 e. The van der Waals surface area contributed by atoms with Crippen molar-refractivity contribution in [2.75, 3.05) is 11.9 Å². The quantitative estimate of drug-likeness (QED) is 0.732. The maximum atomic E-state index is 5.88. The molecule has 0 amide bonds. The van der Waals surface area contributed by atoms with Crippen LogP contribution >= 0.6 is 11.6 Å². The Bertz CT molecular complexity index is 497. The number of rotatable bonds is 2. The van der Waals surface area contributed by atoms with Gasteiger partial charge in [0.05, 0.1) is 0 Å². The zero-order chi connectivity index (χ0) is 11.5.